The van der Waals surface area contributed by atoms with Gasteiger partial charge in [0.25, 0.3) is 0 Å². The fourth-order valence-electron chi connectivity index (χ4n) is 4.80. The average molecular weight is 498 g/mol. The zero-order valence-electron chi connectivity index (χ0n) is 19.0. The number of amides is 1. The van der Waals surface area contributed by atoms with Crippen molar-refractivity contribution in [3.8, 4) is 11.6 Å². The van der Waals surface area contributed by atoms with Crippen LogP contribution >= 0.6 is 0 Å². The summed E-state index contributed by atoms with van der Waals surface area (Å²) in [5.41, 5.74) is 2.57. The van der Waals surface area contributed by atoms with Gasteiger partial charge in [-0.1, -0.05) is 6.07 Å². The van der Waals surface area contributed by atoms with Gasteiger partial charge in [0.1, 0.15) is 11.7 Å². The van der Waals surface area contributed by atoms with E-state index in [1.807, 2.05) is 4.90 Å². The first-order chi connectivity index (χ1) is 17.4. The Morgan fingerprint density at radius 1 is 1.06 bits per heavy atom. The molecule has 0 spiro atoms. The van der Waals surface area contributed by atoms with Gasteiger partial charge in [0.15, 0.2) is 11.6 Å². The van der Waals surface area contributed by atoms with Crippen LogP contribution in [0.15, 0.2) is 30.7 Å². The molecule has 1 saturated heterocycles. The molecule has 3 aromatic heterocycles. The molecule has 3 aromatic rings. The van der Waals surface area contributed by atoms with Crippen molar-refractivity contribution in [1.82, 2.24) is 24.9 Å². The predicted octanol–water partition coefficient (Wildman–Crippen LogP) is 3.35. The molecular weight excluding hydrogens is 477 g/mol. The van der Waals surface area contributed by atoms with Gasteiger partial charge in [-0.25, -0.2) is 19.9 Å². The minimum Gasteiger partial charge on any atom is -0.436 e. The fraction of sp³-hybridized carbons (Fsp3) is 0.391. The smallest absolute Gasteiger partial charge is 0.436 e. The molecule has 0 bridgehead atoms. The van der Waals surface area contributed by atoms with Crippen LogP contribution in [0.25, 0.3) is 0 Å². The number of ether oxygens (including phenoxy) is 1. The SMILES string of the molecule is O=C1C2CCCN2c2nc(NCc3ccc(Oc4cnc(C(F)(F)F)nc4)nc3)nc3c2N1CCC3. The number of carbonyl (C=O) groups is 1. The van der Waals surface area contributed by atoms with E-state index in [2.05, 4.69) is 30.2 Å². The minimum absolute atomic E-state index is 0.0468. The Balaban J connectivity index is 1.15. The lowest BCUT2D eigenvalue weighted by atomic mass is 10.0. The summed E-state index contributed by atoms with van der Waals surface area (Å²) in [4.78, 5) is 37.1. The molecule has 0 aliphatic carbocycles. The van der Waals surface area contributed by atoms with Crippen molar-refractivity contribution < 1.29 is 22.7 Å². The average Bonchev–Trinajstić information content (AvgIpc) is 3.37. The minimum atomic E-state index is -4.61. The molecule has 13 heteroatoms. The Hall–Kier alpha value is -4.03. The number of carbonyl (C=O) groups excluding carboxylic acids is 1. The van der Waals surface area contributed by atoms with Crippen LogP contribution in [0, 0.1) is 0 Å². The highest BCUT2D eigenvalue weighted by atomic mass is 19.4. The molecule has 0 saturated carbocycles. The van der Waals surface area contributed by atoms with E-state index in [0.29, 0.717) is 19.0 Å². The zero-order chi connectivity index (χ0) is 24.9. The fourth-order valence-corrected chi connectivity index (χ4v) is 4.80. The maximum absolute atomic E-state index is 12.9. The summed E-state index contributed by atoms with van der Waals surface area (Å²) >= 11 is 0. The molecule has 1 atom stereocenters. The standard InChI is InChI=1S/C23H21F3N8O2/c24-23(25,26)21-28-11-14(12-29-21)36-17-6-5-13(9-27-17)10-30-22-31-15-3-1-8-34-18(15)19(32-22)33-7-2-4-16(33)20(34)35/h5-6,9,11-12,16H,1-4,7-8,10H2,(H,30,31,32). The summed E-state index contributed by atoms with van der Waals surface area (Å²) in [7, 11) is 0. The number of aryl methyl sites for hydroxylation is 1. The van der Waals surface area contributed by atoms with Gasteiger partial charge in [-0.3, -0.25) is 4.79 Å². The molecule has 6 rings (SSSR count). The van der Waals surface area contributed by atoms with Crippen LogP contribution in [0.3, 0.4) is 0 Å². The van der Waals surface area contributed by atoms with Gasteiger partial charge in [-0.15, -0.1) is 0 Å². The van der Waals surface area contributed by atoms with Gasteiger partial charge in [-0.2, -0.15) is 18.2 Å². The number of nitrogens with one attached hydrogen (secondary N) is 1. The maximum atomic E-state index is 12.9. The monoisotopic (exact) mass is 498 g/mol. The van der Waals surface area contributed by atoms with Crippen LogP contribution in [0.5, 0.6) is 11.6 Å². The Labute approximate surface area is 203 Å². The van der Waals surface area contributed by atoms with Crippen LogP contribution in [-0.4, -0.2) is 50.0 Å². The molecule has 3 aliphatic rings. The number of nitrogens with zero attached hydrogens (tertiary/aromatic N) is 7. The quantitative estimate of drug-likeness (QED) is 0.566. The normalized spacial score (nSPS) is 18.6. The molecule has 186 valence electrons. The molecular formula is C23H21F3N8O2. The lowest BCUT2D eigenvalue weighted by molar-refractivity contribution is -0.145. The Bertz CT molecular complexity index is 1300. The molecule has 1 unspecified atom stereocenters. The Morgan fingerprint density at radius 3 is 2.64 bits per heavy atom. The van der Waals surface area contributed by atoms with E-state index in [4.69, 9.17) is 9.72 Å². The van der Waals surface area contributed by atoms with E-state index in [-0.39, 0.29) is 23.6 Å². The molecule has 6 heterocycles. The second-order valence-corrected chi connectivity index (χ2v) is 8.81. The molecule has 1 amide bonds. The molecule has 1 fully saturated rings. The third-order valence-corrected chi connectivity index (χ3v) is 6.43. The van der Waals surface area contributed by atoms with Crippen molar-refractivity contribution in [2.24, 2.45) is 0 Å². The molecule has 3 aliphatic heterocycles. The number of hydrogen-bond donors (Lipinski definition) is 1. The maximum Gasteiger partial charge on any atom is 0.451 e. The van der Waals surface area contributed by atoms with Crippen molar-refractivity contribution in [1.29, 1.82) is 0 Å². The molecule has 10 nitrogen and oxygen atoms in total. The highest BCUT2D eigenvalue weighted by Crippen LogP contribution is 2.43. The van der Waals surface area contributed by atoms with E-state index in [1.165, 1.54) is 0 Å². The lowest BCUT2D eigenvalue weighted by Crippen LogP contribution is -2.53. The van der Waals surface area contributed by atoms with E-state index >= 15 is 0 Å². The number of fused-ring (bicyclic) bond motifs is 2. The van der Waals surface area contributed by atoms with Crippen molar-refractivity contribution >= 4 is 23.4 Å². The van der Waals surface area contributed by atoms with Crippen molar-refractivity contribution in [3.05, 3.63) is 47.8 Å². The summed E-state index contributed by atoms with van der Waals surface area (Å²) in [6.45, 7) is 1.92. The molecule has 36 heavy (non-hydrogen) atoms. The second-order valence-electron chi connectivity index (χ2n) is 8.81. The van der Waals surface area contributed by atoms with Gasteiger partial charge >= 0.3 is 6.18 Å². The highest BCUT2D eigenvalue weighted by Gasteiger charge is 2.44. The number of rotatable bonds is 5. The Kier molecular flexibility index (Phi) is 5.34. The second kappa shape index (κ2) is 8.57. The number of hydrogen-bond acceptors (Lipinski definition) is 9. The summed E-state index contributed by atoms with van der Waals surface area (Å²) < 4.78 is 43.2. The first-order valence-corrected chi connectivity index (χ1v) is 11.6. The largest absolute Gasteiger partial charge is 0.451 e. The van der Waals surface area contributed by atoms with Crippen molar-refractivity contribution in [2.75, 3.05) is 28.2 Å². The van der Waals surface area contributed by atoms with Gasteiger partial charge in [-0.05, 0) is 31.2 Å². The first kappa shape index (κ1) is 22.4. The first-order valence-electron chi connectivity index (χ1n) is 11.6. The van der Waals surface area contributed by atoms with E-state index < -0.39 is 12.0 Å². The van der Waals surface area contributed by atoms with E-state index in [9.17, 15) is 18.0 Å². The third kappa shape index (κ3) is 4.03. The van der Waals surface area contributed by atoms with Gasteiger partial charge < -0.3 is 19.9 Å². The van der Waals surface area contributed by atoms with Crippen LogP contribution in [-0.2, 0) is 23.9 Å². The summed E-state index contributed by atoms with van der Waals surface area (Å²) in [5, 5.41) is 3.25. The van der Waals surface area contributed by atoms with Crippen LogP contribution in [0.1, 0.15) is 36.3 Å². The van der Waals surface area contributed by atoms with Crippen LogP contribution in [0.4, 0.5) is 30.6 Å². The number of aromatic nitrogens is 5. The zero-order valence-corrected chi connectivity index (χ0v) is 19.0. The number of halogens is 3. The van der Waals surface area contributed by atoms with Gasteiger partial charge in [0.2, 0.25) is 23.6 Å². The lowest BCUT2D eigenvalue weighted by Gasteiger charge is -2.41. The summed E-state index contributed by atoms with van der Waals surface area (Å²) in [6, 6.07) is 3.24. The molecule has 0 aromatic carbocycles. The summed E-state index contributed by atoms with van der Waals surface area (Å²) in [5.74, 6) is 0.480. The van der Waals surface area contributed by atoms with Gasteiger partial charge in [0, 0.05) is 31.9 Å². The van der Waals surface area contributed by atoms with Crippen molar-refractivity contribution in [3.63, 3.8) is 0 Å². The van der Waals surface area contributed by atoms with Crippen LogP contribution < -0.4 is 19.9 Å². The van der Waals surface area contributed by atoms with E-state index in [0.717, 1.165) is 67.4 Å². The number of anilines is 3. The van der Waals surface area contributed by atoms with Gasteiger partial charge in [0.05, 0.1) is 18.1 Å². The predicted molar refractivity (Wildman–Crippen MR) is 122 cm³/mol. The third-order valence-electron chi connectivity index (χ3n) is 6.43. The molecule has 0 radical (unpaired) electrons. The van der Waals surface area contributed by atoms with Crippen molar-refractivity contribution in [2.45, 2.75) is 44.4 Å². The Morgan fingerprint density at radius 2 is 1.89 bits per heavy atom. The number of pyridine rings is 1. The number of alkyl halides is 3. The topological polar surface area (TPSA) is 109 Å². The van der Waals surface area contributed by atoms with Crippen LogP contribution in [0.2, 0.25) is 0 Å². The van der Waals surface area contributed by atoms with E-state index in [1.54, 1.807) is 18.3 Å². The molecule has 1 N–H and O–H groups in total. The highest BCUT2D eigenvalue weighted by molar-refractivity contribution is 6.06. The summed E-state index contributed by atoms with van der Waals surface area (Å²) in [6.07, 6.45) is 2.35.